The summed E-state index contributed by atoms with van der Waals surface area (Å²) in [6, 6.07) is 12.8. The van der Waals surface area contributed by atoms with Crippen LogP contribution in [0.1, 0.15) is 10.4 Å². The van der Waals surface area contributed by atoms with Crippen LogP contribution in [0, 0.1) is 5.82 Å². The summed E-state index contributed by atoms with van der Waals surface area (Å²) in [5, 5.41) is 3.16. The Morgan fingerprint density at radius 3 is 2.38 bits per heavy atom. The van der Waals surface area contributed by atoms with Crippen LogP contribution in [0.25, 0.3) is 0 Å². The molecule has 0 aliphatic heterocycles. The molecule has 0 unspecified atom stereocenters. The summed E-state index contributed by atoms with van der Waals surface area (Å²) in [4.78, 5) is 11.3. The number of hydrogen-bond donors (Lipinski definition) is 1. The third-order valence-corrected chi connectivity index (χ3v) is 2.82. The van der Waals surface area contributed by atoms with Crippen LogP contribution >= 0.6 is 0 Å². The maximum absolute atomic E-state index is 12.7. The van der Waals surface area contributed by atoms with Gasteiger partial charge in [-0.2, -0.15) is 0 Å². The normalized spacial score (nSPS) is 10.0. The van der Waals surface area contributed by atoms with E-state index in [-0.39, 0.29) is 11.8 Å². The van der Waals surface area contributed by atoms with Crippen LogP contribution in [-0.2, 0) is 4.74 Å². The molecule has 0 aliphatic carbocycles. The van der Waals surface area contributed by atoms with Crippen molar-refractivity contribution in [1.82, 2.24) is 0 Å². The van der Waals surface area contributed by atoms with E-state index in [1.165, 1.54) is 19.2 Å². The molecule has 110 valence electrons. The summed E-state index contributed by atoms with van der Waals surface area (Å²) in [6.45, 7) is 1.04. The number of nitrogens with one attached hydrogen (secondary N) is 1. The summed E-state index contributed by atoms with van der Waals surface area (Å²) in [6.07, 6.45) is 0. The Hall–Kier alpha value is -2.56. The molecule has 2 aromatic carbocycles. The van der Waals surface area contributed by atoms with E-state index in [9.17, 15) is 9.18 Å². The lowest BCUT2D eigenvalue weighted by atomic mass is 10.2. The van der Waals surface area contributed by atoms with Crippen molar-refractivity contribution in [3.05, 3.63) is 59.9 Å². The molecule has 0 spiro atoms. The summed E-state index contributed by atoms with van der Waals surface area (Å²) < 4.78 is 22.8. The number of methoxy groups -OCH3 is 1. The average Bonchev–Trinajstić information content (AvgIpc) is 2.53. The highest BCUT2D eigenvalue weighted by Gasteiger charge is 2.03. The van der Waals surface area contributed by atoms with Crippen LogP contribution in [0.5, 0.6) is 5.75 Å². The van der Waals surface area contributed by atoms with Crippen molar-refractivity contribution in [3.63, 3.8) is 0 Å². The summed E-state index contributed by atoms with van der Waals surface area (Å²) in [5.41, 5.74) is 1.39. The monoisotopic (exact) mass is 289 g/mol. The molecule has 0 aromatic heterocycles. The summed E-state index contributed by atoms with van der Waals surface area (Å²) in [5.74, 6) is -0.0217. The van der Waals surface area contributed by atoms with Crippen molar-refractivity contribution in [3.8, 4) is 5.75 Å². The molecule has 0 fully saturated rings. The Kier molecular flexibility index (Phi) is 5.15. The van der Waals surface area contributed by atoms with Crippen LogP contribution in [0.15, 0.2) is 48.5 Å². The largest absolute Gasteiger partial charge is 0.492 e. The lowest BCUT2D eigenvalue weighted by Gasteiger charge is -2.09. The van der Waals surface area contributed by atoms with Crippen LogP contribution < -0.4 is 10.1 Å². The second-order valence-electron chi connectivity index (χ2n) is 4.30. The van der Waals surface area contributed by atoms with Gasteiger partial charge in [0.05, 0.1) is 12.7 Å². The Morgan fingerprint density at radius 1 is 1.10 bits per heavy atom. The molecular formula is C16H16FNO3. The number of ether oxygens (including phenoxy) is 2. The van der Waals surface area contributed by atoms with E-state index >= 15 is 0 Å². The zero-order chi connectivity index (χ0) is 15.1. The highest BCUT2D eigenvalue weighted by Crippen LogP contribution is 2.12. The third-order valence-electron chi connectivity index (χ3n) is 2.82. The molecule has 0 bridgehead atoms. The Balaban J connectivity index is 1.75. The van der Waals surface area contributed by atoms with Crippen LogP contribution in [-0.4, -0.2) is 26.2 Å². The zero-order valence-electron chi connectivity index (χ0n) is 11.6. The number of rotatable bonds is 6. The van der Waals surface area contributed by atoms with Gasteiger partial charge in [-0.05, 0) is 48.5 Å². The van der Waals surface area contributed by atoms with E-state index in [1.54, 1.807) is 36.4 Å². The molecule has 2 aromatic rings. The van der Waals surface area contributed by atoms with Crippen molar-refractivity contribution < 1.29 is 18.7 Å². The second kappa shape index (κ2) is 7.28. The Bertz CT molecular complexity index is 581. The molecular weight excluding hydrogens is 273 g/mol. The van der Waals surface area contributed by atoms with E-state index in [1.807, 2.05) is 0 Å². The van der Waals surface area contributed by atoms with Gasteiger partial charge in [-0.1, -0.05) is 0 Å². The first-order valence-corrected chi connectivity index (χ1v) is 6.49. The van der Waals surface area contributed by atoms with Gasteiger partial charge in [0, 0.05) is 12.2 Å². The molecule has 5 heteroatoms. The van der Waals surface area contributed by atoms with Crippen LogP contribution in [0.3, 0.4) is 0 Å². The predicted octanol–water partition coefficient (Wildman–Crippen LogP) is 3.10. The molecule has 2 rings (SSSR count). The van der Waals surface area contributed by atoms with Gasteiger partial charge in [-0.3, -0.25) is 0 Å². The van der Waals surface area contributed by atoms with Gasteiger partial charge >= 0.3 is 5.97 Å². The van der Waals surface area contributed by atoms with Crippen LogP contribution in [0.2, 0.25) is 0 Å². The first-order valence-electron chi connectivity index (χ1n) is 6.49. The van der Waals surface area contributed by atoms with Crippen molar-refractivity contribution in [2.75, 3.05) is 25.6 Å². The number of carbonyl (C=O) groups is 1. The number of esters is 1. The molecule has 1 N–H and O–H groups in total. The average molecular weight is 289 g/mol. The van der Waals surface area contributed by atoms with Crippen molar-refractivity contribution >= 4 is 11.7 Å². The van der Waals surface area contributed by atoms with E-state index < -0.39 is 0 Å². The molecule has 0 aliphatic rings. The van der Waals surface area contributed by atoms with Crippen LogP contribution in [0.4, 0.5) is 10.1 Å². The SMILES string of the molecule is COC(=O)c1ccc(NCCOc2ccc(F)cc2)cc1. The zero-order valence-corrected chi connectivity index (χ0v) is 11.6. The standard InChI is InChI=1S/C16H16FNO3/c1-20-16(19)12-2-6-14(7-3-12)18-10-11-21-15-8-4-13(17)5-9-15/h2-9,18H,10-11H2,1H3. The fourth-order valence-electron chi connectivity index (χ4n) is 1.74. The van der Waals surface area contributed by atoms with Gasteiger partial charge in [0.25, 0.3) is 0 Å². The van der Waals surface area contributed by atoms with Crippen molar-refractivity contribution in [1.29, 1.82) is 0 Å². The minimum Gasteiger partial charge on any atom is -0.492 e. The first-order chi connectivity index (χ1) is 10.2. The third kappa shape index (κ3) is 4.49. The molecule has 0 amide bonds. The van der Waals surface area contributed by atoms with Crippen molar-refractivity contribution in [2.45, 2.75) is 0 Å². The lowest BCUT2D eigenvalue weighted by molar-refractivity contribution is 0.0601. The van der Waals surface area contributed by atoms with Gasteiger partial charge in [-0.25, -0.2) is 9.18 Å². The molecule has 0 saturated carbocycles. The Morgan fingerprint density at radius 2 is 1.76 bits per heavy atom. The molecule has 21 heavy (non-hydrogen) atoms. The maximum Gasteiger partial charge on any atom is 0.337 e. The van der Waals surface area contributed by atoms with Gasteiger partial charge in [0.15, 0.2) is 0 Å². The van der Waals surface area contributed by atoms with Gasteiger partial charge in [0.1, 0.15) is 18.2 Å². The predicted molar refractivity (Wildman–Crippen MR) is 78.2 cm³/mol. The minimum absolute atomic E-state index is 0.286. The fourth-order valence-corrected chi connectivity index (χ4v) is 1.74. The topological polar surface area (TPSA) is 47.6 Å². The molecule has 0 saturated heterocycles. The first kappa shape index (κ1) is 14.8. The second-order valence-corrected chi connectivity index (χ2v) is 4.30. The highest BCUT2D eigenvalue weighted by atomic mass is 19.1. The quantitative estimate of drug-likeness (QED) is 0.655. The number of benzene rings is 2. The van der Waals surface area contributed by atoms with E-state index in [4.69, 9.17) is 4.74 Å². The highest BCUT2D eigenvalue weighted by molar-refractivity contribution is 5.89. The molecule has 0 heterocycles. The van der Waals surface area contributed by atoms with E-state index in [0.717, 1.165) is 5.69 Å². The van der Waals surface area contributed by atoms with Gasteiger partial charge in [-0.15, -0.1) is 0 Å². The summed E-state index contributed by atoms with van der Waals surface area (Å²) in [7, 11) is 1.35. The molecule has 0 atom stereocenters. The molecule has 0 radical (unpaired) electrons. The van der Waals surface area contributed by atoms with Crippen molar-refractivity contribution in [2.24, 2.45) is 0 Å². The van der Waals surface area contributed by atoms with E-state index in [2.05, 4.69) is 10.1 Å². The number of halogens is 1. The summed E-state index contributed by atoms with van der Waals surface area (Å²) >= 11 is 0. The smallest absolute Gasteiger partial charge is 0.337 e. The minimum atomic E-state index is -0.360. The fraction of sp³-hybridized carbons (Fsp3) is 0.188. The number of anilines is 1. The molecule has 4 nitrogen and oxygen atoms in total. The maximum atomic E-state index is 12.7. The van der Waals surface area contributed by atoms with E-state index in [0.29, 0.717) is 24.5 Å². The Labute approximate surface area is 122 Å². The number of carbonyl (C=O) groups excluding carboxylic acids is 1. The number of hydrogen-bond acceptors (Lipinski definition) is 4. The van der Waals surface area contributed by atoms with Gasteiger partial charge < -0.3 is 14.8 Å². The van der Waals surface area contributed by atoms with Gasteiger partial charge in [0.2, 0.25) is 0 Å². The lowest BCUT2D eigenvalue weighted by Crippen LogP contribution is -2.11.